The van der Waals surface area contributed by atoms with E-state index in [-0.39, 0.29) is 16.7 Å². The van der Waals surface area contributed by atoms with Crippen molar-refractivity contribution in [1.29, 1.82) is 5.26 Å². The largest absolute Gasteiger partial charge is 0.465 e. The number of benzene rings is 1. The van der Waals surface area contributed by atoms with Crippen LogP contribution in [0.3, 0.4) is 0 Å². The molecule has 0 fully saturated rings. The molecule has 0 amide bonds. The molecule has 0 aliphatic carbocycles. The average Bonchev–Trinajstić information content (AvgIpc) is 2.26. The van der Waals surface area contributed by atoms with Crippen molar-refractivity contribution < 1.29 is 13.9 Å². The smallest absolute Gasteiger partial charge is 0.338 e. The van der Waals surface area contributed by atoms with E-state index in [1.54, 1.807) is 13.0 Å². The molecule has 0 aliphatic heterocycles. The van der Waals surface area contributed by atoms with Gasteiger partial charge in [-0.25, -0.2) is 9.18 Å². The third kappa shape index (κ3) is 2.13. The Kier molecular flexibility index (Phi) is 3.40. The summed E-state index contributed by atoms with van der Waals surface area (Å²) in [7, 11) is 1.22. The molecule has 15 heavy (non-hydrogen) atoms. The normalized spacial score (nSPS) is 9.47. The van der Waals surface area contributed by atoms with Gasteiger partial charge in [-0.3, -0.25) is 0 Å². The number of carbonyl (C=O) groups excluding carboxylic acids is 1. The number of hydrogen-bond donors (Lipinski definition) is 0. The first-order valence-corrected chi connectivity index (χ1v) is 4.44. The maximum absolute atomic E-state index is 13.4. The highest BCUT2D eigenvalue weighted by molar-refractivity contribution is 5.91. The van der Waals surface area contributed by atoms with Gasteiger partial charge in [0, 0.05) is 5.56 Å². The molecule has 78 valence electrons. The third-order valence-electron chi connectivity index (χ3n) is 2.08. The number of nitriles is 1. The minimum atomic E-state index is -0.622. The van der Waals surface area contributed by atoms with Crippen LogP contribution in [-0.2, 0) is 11.2 Å². The Labute approximate surface area is 87.1 Å². The molecular formula is C11H10FNO2. The third-order valence-corrected chi connectivity index (χ3v) is 2.08. The summed E-state index contributed by atoms with van der Waals surface area (Å²) in [5, 5.41) is 8.64. The van der Waals surface area contributed by atoms with Gasteiger partial charge in [0.05, 0.1) is 24.3 Å². The van der Waals surface area contributed by atoms with Gasteiger partial charge in [-0.2, -0.15) is 5.26 Å². The Bertz CT molecular complexity index is 435. The molecule has 1 rings (SSSR count). The van der Waals surface area contributed by atoms with Crippen LogP contribution >= 0.6 is 0 Å². The lowest BCUT2D eigenvalue weighted by molar-refractivity contribution is 0.0599. The zero-order valence-corrected chi connectivity index (χ0v) is 8.50. The van der Waals surface area contributed by atoms with E-state index in [0.29, 0.717) is 6.42 Å². The van der Waals surface area contributed by atoms with E-state index in [4.69, 9.17) is 5.26 Å². The minimum Gasteiger partial charge on any atom is -0.465 e. The van der Waals surface area contributed by atoms with Crippen LogP contribution in [0.25, 0.3) is 0 Å². The van der Waals surface area contributed by atoms with Crippen molar-refractivity contribution >= 4 is 5.97 Å². The second kappa shape index (κ2) is 4.56. The van der Waals surface area contributed by atoms with E-state index in [2.05, 4.69) is 4.74 Å². The van der Waals surface area contributed by atoms with Gasteiger partial charge in [0.15, 0.2) is 0 Å². The van der Waals surface area contributed by atoms with Crippen molar-refractivity contribution in [3.8, 4) is 6.07 Å². The van der Waals surface area contributed by atoms with Crippen molar-refractivity contribution in [1.82, 2.24) is 0 Å². The fourth-order valence-electron chi connectivity index (χ4n) is 1.35. The number of halogens is 1. The lowest BCUT2D eigenvalue weighted by Gasteiger charge is -2.07. The standard InChI is InChI=1S/C11H10FNO2/c1-3-8-9(11(14)15-2)4-7(6-13)5-10(8)12/h4-5H,3H2,1-2H3. The molecule has 0 radical (unpaired) electrons. The van der Waals surface area contributed by atoms with Crippen LogP contribution in [0.5, 0.6) is 0 Å². The van der Waals surface area contributed by atoms with E-state index >= 15 is 0 Å². The molecule has 0 spiro atoms. The summed E-state index contributed by atoms with van der Waals surface area (Å²) in [4.78, 5) is 11.3. The van der Waals surface area contributed by atoms with Gasteiger partial charge in [-0.05, 0) is 18.6 Å². The number of methoxy groups -OCH3 is 1. The Hall–Kier alpha value is -1.89. The van der Waals surface area contributed by atoms with Crippen LogP contribution in [-0.4, -0.2) is 13.1 Å². The number of esters is 1. The monoisotopic (exact) mass is 207 g/mol. The highest BCUT2D eigenvalue weighted by Gasteiger charge is 2.16. The maximum atomic E-state index is 13.4. The Balaban J connectivity index is 3.40. The van der Waals surface area contributed by atoms with E-state index in [1.807, 2.05) is 0 Å². The van der Waals surface area contributed by atoms with Crippen LogP contribution in [0.1, 0.15) is 28.4 Å². The Morgan fingerprint density at radius 1 is 1.60 bits per heavy atom. The zero-order valence-electron chi connectivity index (χ0n) is 8.50. The highest BCUT2D eigenvalue weighted by atomic mass is 19.1. The van der Waals surface area contributed by atoms with Crippen LogP contribution in [0, 0.1) is 17.1 Å². The van der Waals surface area contributed by atoms with E-state index < -0.39 is 11.8 Å². The molecule has 0 atom stereocenters. The number of ether oxygens (including phenoxy) is 1. The van der Waals surface area contributed by atoms with Gasteiger partial charge in [0.1, 0.15) is 5.82 Å². The van der Waals surface area contributed by atoms with Gasteiger partial charge in [0.2, 0.25) is 0 Å². The van der Waals surface area contributed by atoms with Gasteiger partial charge < -0.3 is 4.74 Å². The van der Waals surface area contributed by atoms with E-state index in [0.717, 1.165) is 6.07 Å². The molecule has 0 saturated carbocycles. The first kappa shape index (κ1) is 11.2. The van der Waals surface area contributed by atoms with Crippen LogP contribution in [0.15, 0.2) is 12.1 Å². The fraction of sp³-hybridized carbons (Fsp3) is 0.273. The minimum absolute atomic E-state index is 0.116. The molecule has 0 unspecified atom stereocenters. The summed E-state index contributed by atoms with van der Waals surface area (Å²) in [5.74, 6) is -1.17. The molecule has 0 heterocycles. The summed E-state index contributed by atoms with van der Waals surface area (Å²) < 4.78 is 18.0. The number of carbonyl (C=O) groups is 1. The van der Waals surface area contributed by atoms with E-state index in [9.17, 15) is 9.18 Å². The molecule has 0 saturated heterocycles. The first-order chi connectivity index (χ1) is 7.13. The van der Waals surface area contributed by atoms with Crippen molar-refractivity contribution in [2.24, 2.45) is 0 Å². The summed E-state index contributed by atoms with van der Waals surface area (Å²) in [5.41, 5.74) is 0.516. The van der Waals surface area contributed by atoms with Crippen molar-refractivity contribution in [3.63, 3.8) is 0 Å². The van der Waals surface area contributed by atoms with E-state index in [1.165, 1.54) is 13.2 Å². The molecule has 1 aromatic rings. The average molecular weight is 207 g/mol. The molecule has 0 aliphatic rings. The molecule has 0 N–H and O–H groups in total. The Morgan fingerprint density at radius 2 is 2.27 bits per heavy atom. The number of rotatable bonds is 2. The predicted octanol–water partition coefficient (Wildman–Crippen LogP) is 2.05. The lowest BCUT2D eigenvalue weighted by atomic mass is 10.0. The lowest BCUT2D eigenvalue weighted by Crippen LogP contribution is -2.08. The van der Waals surface area contributed by atoms with Gasteiger partial charge in [-0.15, -0.1) is 0 Å². The topological polar surface area (TPSA) is 50.1 Å². The van der Waals surface area contributed by atoms with Gasteiger partial charge >= 0.3 is 5.97 Å². The second-order valence-electron chi connectivity index (χ2n) is 2.94. The van der Waals surface area contributed by atoms with Gasteiger partial charge in [-0.1, -0.05) is 6.92 Å². The molecule has 1 aromatic carbocycles. The summed E-state index contributed by atoms with van der Waals surface area (Å²) in [6.45, 7) is 1.73. The van der Waals surface area contributed by atoms with Gasteiger partial charge in [0.25, 0.3) is 0 Å². The molecule has 0 aromatic heterocycles. The molecular weight excluding hydrogens is 197 g/mol. The van der Waals surface area contributed by atoms with Crippen LogP contribution in [0.4, 0.5) is 4.39 Å². The van der Waals surface area contributed by atoms with Crippen molar-refractivity contribution in [3.05, 3.63) is 34.6 Å². The number of nitrogens with zero attached hydrogens (tertiary/aromatic N) is 1. The van der Waals surface area contributed by atoms with Crippen LogP contribution in [0.2, 0.25) is 0 Å². The molecule has 3 nitrogen and oxygen atoms in total. The fourth-order valence-corrected chi connectivity index (χ4v) is 1.35. The number of hydrogen-bond acceptors (Lipinski definition) is 3. The SMILES string of the molecule is CCc1c(F)cc(C#N)cc1C(=O)OC. The van der Waals surface area contributed by atoms with Crippen molar-refractivity contribution in [2.75, 3.05) is 7.11 Å². The molecule has 4 heteroatoms. The maximum Gasteiger partial charge on any atom is 0.338 e. The molecule has 0 bridgehead atoms. The highest BCUT2D eigenvalue weighted by Crippen LogP contribution is 2.18. The zero-order chi connectivity index (χ0) is 11.4. The second-order valence-corrected chi connectivity index (χ2v) is 2.94. The predicted molar refractivity (Wildman–Crippen MR) is 51.8 cm³/mol. The first-order valence-electron chi connectivity index (χ1n) is 4.44. The summed E-state index contributed by atoms with van der Waals surface area (Å²) >= 11 is 0. The summed E-state index contributed by atoms with van der Waals surface area (Å²) in [6.07, 6.45) is 0.377. The van der Waals surface area contributed by atoms with Crippen LogP contribution < -0.4 is 0 Å². The van der Waals surface area contributed by atoms with Crippen molar-refractivity contribution in [2.45, 2.75) is 13.3 Å². The quantitative estimate of drug-likeness (QED) is 0.697. The Morgan fingerprint density at radius 3 is 2.73 bits per heavy atom. The summed E-state index contributed by atoms with van der Waals surface area (Å²) in [6, 6.07) is 4.25.